The normalized spacial score (nSPS) is 22.4. The molecule has 7 nitrogen and oxygen atoms in total. The molecule has 0 aromatic rings. The van der Waals surface area contributed by atoms with Crippen LogP contribution in [0.1, 0.15) is 66.2 Å². The van der Waals surface area contributed by atoms with Crippen molar-refractivity contribution in [2.45, 2.75) is 91.4 Å². The highest BCUT2D eigenvalue weighted by Gasteiger charge is 2.45. The molecule has 3 heterocycles. The van der Waals surface area contributed by atoms with Crippen LogP contribution in [0.4, 0.5) is 0 Å². The van der Waals surface area contributed by atoms with E-state index in [9.17, 15) is 4.79 Å². The minimum absolute atomic E-state index is 0.250. The van der Waals surface area contributed by atoms with Crippen LogP contribution < -0.4 is 0 Å². The Labute approximate surface area is 226 Å². The second-order valence-electron chi connectivity index (χ2n) is 10.5. The van der Waals surface area contributed by atoms with Gasteiger partial charge in [0.25, 0.3) is 0 Å². The van der Waals surface area contributed by atoms with Crippen molar-refractivity contribution in [2.24, 2.45) is 0 Å². The number of carbonyl (C=O) groups excluding carboxylic acids is 5. The summed E-state index contributed by atoms with van der Waals surface area (Å²) < 4.78 is 1.35. The molecule has 0 N–H and O–H groups in total. The molecule has 1 atom stereocenters. The van der Waals surface area contributed by atoms with E-state index < -0.39 is 8.07 Å². The van der Waals surface area contributed by atoms with Gasteiger partial charge in [-0.3, -0.25) is 9.69 Å². The average Bonchev–Trinajstić information content (AvgIpc) is 3.45. The Morgan fingerprint density at radius 3 is 2.11 bits per heavy atom. The lowest BCUT2D eigenvalue weighted by molar-refractivity contribution is -0.193. The topological polar surface area (TPSA) is 91.8 Å². The molecule has 0 aromatic heterocycles. The van der Waals surface area contributed by atoms with Gasteiger partial charge < -0.3 is 4.90 Å². The Morgan fingerprint density at radius 2 is 1.61 bits per heavy atom. The van der Waals surface area contributed by atoms with Crippen LogP contribution in [0, 0.1) is 0 Å². The molecule has 3 rings (SSSR count). The lowest BCUT2D eigenvalue weighted by Crippen LogP contribution is -2.38. The second kappa shape index (κ2) is 16.8. The van der Waals surface area contributed by atoms with Crippen LogP contribution in [0.5, 0.6) is 0 Å². The zero-order valence-corrected chi connectivity index (χ0v) is 25.6. The molecule has 9 heteroatoms. The fraction of sp³-hybridized carbons (Fsp3) is 0.667. The SMILES string of the molecule is CC/C(Br)=C/C12CCCN1CC(C)=C2C.CCC(=O)/C=C1\CCCN1C[Si](C)(C)C.O=C=O.O=C=O. The number of hydrogen-bond donors (Lipinski definition) is 0. The molecule has 0 spiro atoms. The van der Waals surface area contributed by atoms with Gasteiger partial charge in [-0.15, -0.1) is 0 Å². The average molecular weight is 584 g/mol. The maximum Gasteiger partial charge on any atom is 0.373 e. The molecular formula is C27H43BrN2O5Si. The number of fused-ring (bicyclic) bond motifs is 1. The van der Waals surface area contributed by atoms with E-state index in [1.807, 2.05) is 13.0 Å². The predicted molar refractivity (Wildman–Crippen MR) is 147 cm³/mol. The van der Waals surface area contributed by atoms with Crippen molar-refractivity contribution >= 4 is 42.1 Å². The van der Waals surface area contributed by atoms with Crippen molar-refractivity contribution in [2.75, 3.05) is 25.8 Å². The van der Waals surface area contributed by atoms with Crippen LogP contribution >= 0.6 is 15.9 Å². The van der Waals surface area contributed by atoms with E-state index in [1.165, 1.54) is 48.7 Å². The second-order valence-corrected chi connectivity index (χ2v) is 17.0. The van der Waals surface area contributed by atoms with Crippen molar-refractivity contribution < 1.29 is 24.0 Å². The van der Waals surface area contributed by atoms with Crippen molar-refractivity contribution in [3.63, 3.8) is 0 Å². The van der Waals surface area contributed by atoms with Gasteiger partial charge in [-0.1, -0.05) is 61.1 Å². The van der Waals surface area contributed by atoms with Crippen molar-refractivity contribution in [1.82, 2.24) is 9.80 Å². The highest BCUT2D eigenvalue weighted by molar-refractivity contribution is 9.11. The molecule has 36 heavy (non-hydrogen) atoms. The largest absolute Gasteiger partial charge is 0.378 e. The molecular weight excluding hydrogens is 540 g/mol. The van der Waals surface area contributed by atoms with Gasteiger partial charge in [0.05, 0.1) is 13.6 Å². The number of nitrogens with zero attached hydrogens (tertiary/aromatic N) is 2. The summed E-state index contributed by atoms with van der Waals surface area (Å²) in [7, 11) is -1.05. The minimum Gasteiger partial charge on any atom is -0.378 e. The lowest BCUT2D eigenvalue weighted by atomic mass is 9.88. The number of carbonyl (C=O) groups is 1. The van der Waals surface area contributed by atoms with E-state index in [0.29, 0.717) is 6.42 Å². The number of ketones is 1. The Bertz CT molecular complexity index is 882. The van der Waals surface area contributed by atoms with Crippen molar-refractivity contribution in [1.29, 1.82) is 0 Å². The zero-order chi connectivity index (χ0) is 27.9. The van der Waals surface area contributed by atoms with E-state index in [-0.39, 0.29) is 23.6 Å². The molecule has 0 aromatic carbocycles. The molecule has 0 aliphatic carbocycles. The van der Waals surface area contributed by atoms with E-state index in [0.717, 1.165) is 19.4 Å². The Balaban J connectivity index is 0.000000559. The van der Waals surface area contributed by atoms with E-state index >= 15 is 0 Å². The van der Waals surface area contributed by atoms with Crippen LogP contribution in [-0.2, 0) is 24.0 Å². The molecule has 2 saturated heterocycles. The van der Waals surface area contributed by atoms with Crippen LogP contribution in [0.2, 0.25) is 19.6 Å². The molecule has 0 amide bonds. The lowest BCUT2D eigenvalue weighted by Gasteiger charge is -2.31. The zero-order valence-electron chi connectivity index (χ0n) is 23.0. The maximum atomic E-state index is 11.4. The summed E-state index contributed by atoms with van der Waals surface area (Å²) in [6.07, 6.45) is 12.7. The predicted octanol–water partition coefficient (Wildman–Crippen LogP) is 5.52. The van der Waals surface area contributed by atoms with E-state index in [1.54, 1.807) is 11.1 Å². The summed E-state index contributed by atoms with van der Waals surface area (Å²) in [5, 5.41) is 0. The highest BCUT2D eigenvalue weighted by Crippen LogP contribution is 2.44. The summed E-state index contributed by atoms with van der Waals surface area (Å²) >= 11 is 3.68. The summed E-state index contributed by atoms with van der Waals surface area (Å²) in [5.74, 6) is 0.271. The Hall–Kier alpha value is -1.89. The molecule has 3 aliphatic heterocycles. The monoisotopic (exact) mass is 582 g/mol. The van der Waals surface area contributed by atoms with Gasteiger partial charge >= 0.3 is 12.3 Å². The van der Waals surface area contributed by atoms with Crippen LogP contribution in [-0.4, -0.2) is 67.3 Å². The van der Waals surface area contributed by atoms with Crippen LogP contribution in [0.25, 0.3) is 0 Å². The standard InChI is InChI=1S/C13H20BrN.C12H23NOSi.2CO2/c1-4-12(14)8-13-6-5-7-15(13)9-10(2)11(13)3;1-5-12(14)9-11-7-6-8-13(11)10-15(2,3)4;2*2-1-3/h8H,4-7,9H2,1-3H3;9H,5-8,10H2,1-4H3;;/b12-8-;11-9+;;. The molecule has 202 valence electrons. The molecule has 1 unspecified atom stereocenters. The quantitative estimate of drug-likeness (QED) is 0.231. The summed E-state index contributed by atoms with van der Waals surface area (Å²) in [5.41, 5.74) is 4.70. The summed E-state index contributed by atoms with van der Waals surface area (Å²) in [6.45, 7) is 19.4. The van der Waals surface area contributed by atoms with Gasteiger partial charge in [0.1, 0.15) is 0 Å². The van der Waals surface area contributed by atoms with Crippen molar-refractivity contribution in [3.05, 3.63) is 33.5 Å². The van der Waals surface area contributed by atoms with Crippen LogP contribution in [0.15, 0.2) is 33.5 Å². The third-order valence-corrected chi connectivity index (χ3v) is 8.73. The summed E-state index contributed by atoms with van der Waals surface area (Å²) in [6, 6.07) is 0. The number of hydrogen-bond acceptors (Lipinski definition) is 7. The van der Waals surface area contributed by atoms with Crippen LogP contribution in [0.3, 0.4) is 0 Å². The molecule has 3 aliphatic rings. The molecule has 0 saturated carbocycles. The Kier molecular flexibility index (Phi) is 15.9. The van der Waals surface area contributed by atoms with E-state index in [2.05, 4.69) is 72.2 Å². The van der Waals surface area contributed by atoms with E-state index in [4.69, 9.17) is 19.2 Å². The number of likely N-dealkylation sites (tertiary alicyclic amines) is 1. The van der Waals surface area contributed by atoms with Gasteiger partial charge in [-0.2, -0.15) is 19.2 Å². The first-order chi connectivity index (χ1) is 16.8. The smallest absolute Gasteiger partial charge is 0.373 e. The number of allylic oxidation sites excluding steroid dienone is 3. The first-order valence-electron chi connectivity index (χ1n) is 12.6. The van der Waals surface area contributed by atoms with Gasteiger partial charge in [-0.25, -0.2) is 0 Å². The van der Waals surface area contributed by atoms with Gasteiger partial charge in [0.2, 0.25) is 0 Å². The number of rotatable bonds is 6. The van der Waals surface area contributed by atoms with Gasteiger partial charge in [0, 0.05) is 37.5 Å². The fourth-order valence-corrected chi connectivity index (χ4v) is 6.79. The minimum atomic E-state index is -1.05. The first-order valence-corrected chi connectivity index (χ1v) is 17.1. The maximum absolute atomic E-state index is 11.4. The fourth-order valence-electron chi connectivity index (χ4n) is 4.91. The third kappa shape index (κ3) is 11.0. The molecule has 2 fully saturated rings. The summed E-state index contributed by atoms with van der Waals surface area (Å²) in [4.78, 5) is 49.0. The van der Waals surface area contributed by atoms with Crippen molar-refractivity contribution in [3.8, 4) is 0 Å². The van der Waals surface area contributed by atoms with Gasteiger partial charge in [-0.05, 0) is 62.6 Å². The Morgan fingerprint density at radius 1 is 1.03 bits per heavy atom. The first kappa shape index (κ1) is 34.1. The molecule has 0 bridgehead atoms. The third-order valence-electron chi connectivity index (χ3n) is 6.61. The highest BCUT2D eigenvalue weighted by atomic mass is 79.9. The number of halogens is 1. The molecule has 0 radical (unpaired) electrons. The van der Waals surface area contributed by atoms with Gasteiger partial charge in [0.15, 0.2) is 5.78 Å².